The molecule has 0 aliphatic carbocycles. The van der Waals surface area contributed by atoms with Crippen molar-refractivity contribution in [1.82, 2.24) is 10.2 Å². The molecular weight excluding hydrogens is 339 g/mol. The molecule has 2 aliphatic rings. The zero-order valence-electron chi connectivity index (χ0n) is 14.1. The first-order chi connectivity index (χ1) is 12.2. The van der Waals surface area contributed by atoms with Crippen LogP contribution in [0.5, 0.6) is 0 Å². The molecule has 1 aromatic heterocycles. The number of anilines is 2. The van der Waals surface area contributed by atoms with Crippen LogP contribution in [0.25, 0.3) is 0 Å². The molecule has 3 heterocycles. The Bertz CT molecular complexity index is 791. The van der Waals surface area contributed by atoms with E-state index in [1.165, 1.54) is 12.1 Å². The number of amidine groups is 1. The molecule has 7 heteroatoms. The van der Waals surface area contributed by atoms with E-state index in [0.29, 0.717) is 11.7 Å². The van der Waals surface area contributed by atoms with Crippen LogP contribution in [0.1, 0.15) is 12.0 Å². The van der Waals surface area contributed by atoms with Crippen LogP contribution in [-0.2, 0) is 4.74 Å². The molecule has 2 N–H and O–H groups in total. The van der Waals surface area contributed by atoms with Gasteiger partial charge in [0, 0.05) is 39.4 Å². The lowest BCUT2D eigenvalue weighted by Gasteiger charge is -2.35. The van der Waals surface area contributed by atoms with Crippen LogP contribution in [0.4, 0.5) is 20.8 Å². The van der Waals surface area contributed by atoms with Gasteiger partial charge in [0.25, 0.3) is 0 Å². The van der Waals surface area contributed by atoms with Crippen molar-refractivity contribution in [2.45, 2.75) is 12.5 Å². The molecule has 1 fully saturated rings. The van der Waals surface area contributed by atoms with Crippen LogP contribution in [0.2, 0.25) is 0 Å². The minimum absolute atomic E-state index is 0.259. The second kappa shape index (κ2) is 7.11. The fourth-order valence-electron chi connectivity index (χ4n) is 3.30. The average molecular weight is 360 g/mol. The standard InChI is InChI=1S/C18H21FN4OS/c1-24-8-4-13-11-23(7-6-20-13)17-14-5-9-25-18(14)22-16-10-12(19)2-3-15(16)21-17/h2-3,5,9-10,13,20,22H,4,6-8,11H2,1H3/t13-/m0/s1. The fourth-order valence-corrected chi connectivity index (χ4v) is 4.09. The number of nitrogens with zero attached hydrogens (tertiary/aromatic N) is 2. The first-order valence-electron chi connectivity index (χ1n) is 8.45. The molecule has 5 nitrogen and oxygen atoms in total. The highest BCUT2D eigenvalue weighted by Crippen LogP contribution is 2.38. The summed E-state index contributed by atoms with van der Waals surface area (Å²) in [4.78, 5) is 7.22. The van der Waals surface area contributed by atoms with Crippen molar-refractivity contribution in [2.24, 2.45) is 4.99 Å². The molecular formula is C18H21FN4OS. The smallest absolute Gasteiger partial charge is 0.139 e. The summed E-state index contributed by atoms with van der Waals surface area (Å²) in [7, 11) is 1.73. The Morgan fingerprint density at radius 1 is 1.40 bits per heavy atom. The minimum atomic E-state index is -0.259. The summed E-state index contributed by atoms with van der Waals surface area (Å²) >= 11 is 1.61. The van der Waals surface area contributed by atoms with Crippen molar-refractivity contribution in [3.05, 3.63) is 41.0 Å². The molecule has 0 saturated carbocycles. The zero-order valence-corrected chi connectivity index (χ0v) is 14.9. The molecule has 25 heavy (non-hydrogen) atoms. The summed E-state index contributed by atoms with van der Waals surface area (Å²) in [5.41, 5.74) is 2.56. The summed E-state index contributed by atoms with van der Waals surface area (Å²) in [6, 6.07) is 7.16. The Balaban J connectivity index is 1.68. The zero-order chi connectivity index (χ0) is 17.2. The number of rotatable bonds is 3. The Hall–Kier alpha value is -1.96. The van der Waals surface area contributed by atoms with E-state index < -0.39 is 0 Å². The average Bonchev–Trinajstić information content (AvgIpc) is 3.01. The van der Waals surface area contributed by atoms with Gasteiger partial charge in [0.05, 0.1) is 16.9 Å². The third kappa shape index (κ3) is 3.40. The number of nitrogens with one attached hydrogen (secondary N) is 2. The van der Waals surface area contributed by atoms with E-state index >= 15 is 0 Å². The maximum Gasteiger partial charge on any atom is 0.139 e. The predicted molar refractivity (Wildman–Crippen MR) is 100 cm³/mol. The number of fused-ring (bicyclic) bond motifs is 2. The molecule has 1 saturated heterocycles. The van der Waals surface area contributed by atoms with Gasteiger partial charge in [-0.25, -0.2) is 9.38 Å². The lowest BCUT2D eigenvalue weighted by Crippen LogP contribution is -2.53. The normalized spacial score (nSPS) is 19.5. The van der Waals surface area contributed by atoms with E-state index in [1.54, 1.807) is 24.5 Å². The van der Waals surface area contributed by atoms with Crippen LogP contribution in [0, 0.1) is 5.82 Å². The number of ether oxygens (including phenoxy) is 1. The van der Waals surface area contributed by atoms with Gasteiger partial charge >= 0.3 is 0 Å². The maximum absolute atomic E-state index is 13.6. The number of piperazine rings is 1. The van der Waals surface area contributed by atoms with Gasteiger partial charge in [-0.3, -0.25) is 0 Å². The van der Waals surface area contributed by atoms with E-state index in [4.69, 9.17) is 9.73 Å². The number of hydrogen-bond donors (Lipinski definition) is 2. The van der Waals surface area contributed by atoms with Crippen molar-refractivity contribution in [3.63, 3.8) is 0 Å². The second-order valence-corrected chi connectivity index (χ2v) is 7.18. The highest BCUT2D eigenvalue weighted by molar-refractivity contribution is 7.14. The van der Waals surface area contributed by atoms with Crippen LogP contribution < -0.4 is 10.6 Å². The molecule has 0 radical (unpaired) electrons. The Labute approximate surface area is 150 Å². The molecule has 1 aromatic carbocycles. The SMILES string of the molecule is COCC[C@H]1CN(C2=Nc3ccc(F)cc3Nc3sccc32)CCN1. The van der Waals surface area contributed by atoms with Crippen LogP contribution in [-0.4, -0.2) is 50.1 Å². The fraction of sp³-hybridized carbons (Fsp3) is 0.389. The van der Waals surface area contributed by atoms with Crippen LogP contribution in [0.3, 0.4) is 0 Å². The summed E-state index contributed by atoms with van der Waals surface area (Å²) in [6.45, 7) is 3.43. The van der Waals surface area contributed by atoms with Crippen molar-refractivity contribution in [2.75, 3.05) is 38.7 Å². The van der Waals surface area contributed by atoms with Gasteiger partial charge < -0.3 is 20.3 Å². The lowest BCUT2D eigenvalue weighted by atomic mass is 10.1. The van der Waals surface area contributed by atoms with E-state index in [0.717, 1.165) is 54.7 Å². The van der Waals surface area contributed by atoms with Gasteiger partial charge in [-0.2, -0.15) is 0 Å². The molecule has 0 amide bonds. The van der Waals surface area contributed by atoms with E-state index in [-0.39, 0.29) is 5.82 Å². The van der Waals surface area contributed by atoms with Crippen molar-refractivity contribution in [1.29, 1.82) is 0 Å². The molecule has 2 aromatic rings. The monoisotopic (exact) mass is 360 g/mol. The highest BCUT2D eigenvalue weighted by Gasteiger charge is 2.26. The van der Waals surface area contributed by atoms with Gasteiger partial charge in [-0.15, -0.1) is 11.3 Å². The number of benzene rings is 1. The minimum Gasteiger partial charge on any atom is -0.385 e. The number of hydrogen-bond acceptors (Lipinski definition) is 6. The highest BCUT2D eigenvalue weighted by atomic mass is 32.1. The van der Waals surface area contributed by atoms with E-state index in [2.05, 4.69) is 21.6 Å². The summed E-state index contributed by atoms with van der Waals surface area (Å²) < 4.78 is 18.8. The molecule has 2 aliphatic heterocycles. The Morgan fingerprint density at radius 2 is 2.32 bits per heavy atom. The largest absolute Gasteiger partial charge is 0.385 e. The van der Waals surface area contributed by atoms with Crippen LogP contribution in [0.15, 0.2) is 34.6 Å². The number of aliphatic imine (C=N–C) groups is 1. The molecule has 0 unspecified atom stereocenters. The second-order valence-electron chi connectivity index (χ2n) is 6.26. The Kier molecular flexibility index (Phi) is 4.70. The maximum atomic E-state index is 13.6. The topological polar surface area (TPSA) is 48.9 Å². The first-order valence-corrected chi connectivity index (χ1v) is 9.33. The van der Waals surface area contributed by atoms with Gasteiger partial charge in [-0.05, 0) is 36.1 Å². The molecule has 0 spiro atoms. The number of halogens is 1. The first kappa shape index (κ1) is 16.5. The quantitative estimate of drug-likeness (QED) is 0.882. The third-order valence-corrected chi connectivity index (χ3v) is 5.39. The van der Waals surface area contributed by atoms with Crippen molar-refractivity contribution >= 4 is 33.5 Å². The number of methoxy groups -OCH3 is 1. The van der Waals surface area contributed by atoms with Crippen molar-refractivity contribution in [3.8, 4) is 0 Å². The number of thiophene rings is 1. The molecule has 132 valence electrons. The summed E-state index contributed by atoms with van der Waals surface area (Å²) in [6.07, 6.45) is 0.969. The van der Waals surface area contributed by atoms with Gasteiger partial charge in [-0.1, -0.05) is 0 Å². The molecule has 0 bridgehead atoms. The van der Waals surface area contributed by atoms with Gasteiger partial charge in [0.15, 0.2) is 0 Å². The summed E-state index contributed by atoms with van der Waals surface area (Å²) in [5.74, 6) is 0.697. The lowest BCUT2D eigenvalue weighted by molar-refractivity contribution is 0.168. The van der Waals surface area contributed by atoms with Crippen LogP contribution >= 0.6 is 11.3 Å². The summed E-state index contributed by atoms with van der Waals surface area (Å²) in [5, 5.41) is 9.94. The van der Waals surface area contributed by atoms with Gasteiger partial charge in [0.2, 0.25) is 0 Å². The Morgan fingerprint density at radius 3 is 3.20 bits per heavy atom. The van der Waals surface area contributed by atoms with E-state index in [9.17, 15) is 4.39 Å². The van der Waals surface area contributed by atoms with E-state index in [1.807, 2.05) is 5.38 Å². The third-order valence-electron chi connectivity index (χ3n) is 4.56. The van der Waals surface area contributed by atoms with Crippen molar-refractivity contribution < 1.29 is 9.13 Å². The molecule has 4 rings (SSSR count). The predicted octanol–water partition coefficient (Wildman–Crippen LogP) is 3.33. The van der Waals surface area contributed by atoms with Gasteiger partial charge in [0.1, 0.15) is 16.7 Å². The molecule has 1 atom stereocenters.